The highest BCUT2D eigenvalue weighted by atomic mass is 79.9. The van der Waals surface area contributed by atoms with Gasteiger partial charge in [-0.15, -0.1) is 0 Å². The first-order chi connectivity index (χ1) is 8.99. The number of rotatable bonds is 6. The van der Waals surface area contributed by atoms with Gasteiger partial charge in [-0.25, -0.2) is 4.68 Å². The van der Waals surface area contributed by atoms with Crippen LogP contribution in [0.15, 0.2) is 15.5 Å². The van der Waals surface area contributed by atoms with Crippen molar-refractivity contribution in [3.63, 3.8) is 0 Å². The minimum Gasteiger partial charge on any atom is -0.378 e. The van der Waals surface area contributed by atoms with Crippen molar-refractivity contribution < 1.29 is 0 Å². The van der Waals surface area contributed by atoms with Crippen LogP contribution in [0, 0.1) is 5.92 Å². The second-order valence-electron chi connectivity index (χ2n) is 5.70. The largest absolute Gasteiger partial charge is 0.378 e. The first kappa shape index (κ1) is 14.6. The molecule has 19 heavy (non-hydrogen) atoms. The van der Waals surface area contributed by atoms with Gasteiger partial charge in [0.15, 0.2) is 0 Å². The summed E-state index contributed by atoms with van der Waals surface area (Å²) in [5.41, 5.74) is 0.758. The van der Waals surface area contributed by atoms with Crippen molar-refractivity contribution in [1.29, 1.82) is 0 Å². The standard InChI is InChI=1S/C14H22BrN3O/c1-4-14(3,5-2)17-11-8-16-18(9-10-6-7-10)13(19)12(11)15/h8,10,17H,4-7,9H2,1-3H3. The quantitative estimate of drug-likeness (QED) is 0.870. The molecule has 0 amide bonds. The summed E-state index contributed by atoms with van der Waals surface area (Å²) < 4.78 is 2.17. The van der Waals surface area contributed by atoms with Gasteiger partial charge in [0.05, 0.1) is 11.9 Å². The molecule has 1 saturated carbocycles. The number of anilines is 1. The second kappa shape index (κ2) is 5.65. The topological polar surface area (TPSA) is 46.9 Å². The molecule has 1 N–H and O–H groups in total. The summed E-state index contributed by atoms with van der Waals surface area (Å²) in [7, 11) is 0. The Hall–Kier alpha value is -0.840. The van der Waals surface area contributed by atoms with E-state index in [1.54, 1.807) is 10.9 Å². The van der Waals surface area contributed by atoms with E-state index in [9.17, 15) is 4.79 Å². The van der Waals surface area contributed by atoms with E-state index in [1.807, 2.05) is 0 Å². The van der Waals surface area contributed by atoms with Crippen LogP contribution in [0.25, 0.3) is 0 Å². The highest BCUT2D eigenvalue weighted by Crippen LogP contribution is 2.30. The Morgan fingerprint density at radius 3 is 2.63 bits per heavy atom. The van der Waals surface area contributed by atoms with Gasteiger partial charge in [-0.2, -0.15) is 5.10 Å². The molecule has 5 heteroatoms. The van der Waals surface area contributed by atoms with Crippen LogP contribution >= 0.6 is 15.9 Å². The van der Waals surface area contributed by atoms with Crippen LogP contribution in [0.3, 0.4) is 0 Å². The Morgan fingerprint density at radius 1 is 1.47 bits per heavy atom. The molecule has 1 aromatic heterocycles. The van der Waals surface area contributed by atoms with Crippen LogP contribution in [-0.2, 0) is 6.54 Å². The Kier molecular flexibility index (Phi) is 4.33. The van der Waals surface area contributed by atoms with Gasteiger partial charge in [-0.05, 0) is 54.5 Å². The van der Waals surface area contributed by atoms with Crippen molar-refractivity contribution in [2.75, 3.05) is 5.32 Å². The zero-order valence-corrected chi connectivity index (χ0v) is 13.5. The summed E-state index contributed by atoms with van der Waals surface area (Å²) in [5.74, 6) is 0.646. The summed E-state index contributed by atoms with van der Waals surface area (Å²) >= 11 is 3.42. The van der Waals surface area contributed by atoms with E-state index in [0.29, 0.717) is 10.4 Å². The molecule has 0 atom stereocenters. The van der Waals surface area contributed by atoms with Crippen LogP contribution in [0.1, 0.15) is 46.5 Å². The summed E-state index contributed by atoms with van der Waals surface area (Å²) in [4.78, 5) is 12.2. The maximum Gasteiger partial charge on any atom is 0.283 e. The van der Waals surface area contributed by atoms with Crippen molar-refractivity contribution in [3.8, 4) is 0 Å². The fourth-order valence-electron chi connectivity index (χ4n) is 1.98. The molecule has 0 aromatic carbocycles. The van der Waals surface area contributed by atoms with Crippen molar-refractivity contribution in [3.05, 3.63) is 21.0 Å². The SMILES string of the molecule is CCC(C)(CC)Nc1cnn(CC2CC2)c(=O)c1Br. The molecule has 0 radical (unpaired) electrons. The molecule has 1 aliphatic carbocycles. The molecule has 0 aliphatic heterocycles. The molecule has 0 saturated heterocycles. The molecule has 1 aliphatic rings. The van der Waals surface area contributed by atoms with E-state index >= 15 is 0 Å². The van der Waals surface area contributed by atoms with Crippen molar-refractivity contribution in [2.45, 2.75) is 58.5 Å². The second-order valence-corrected chi connectivity index (χ2v) is 6.49. The Balaban J connectivity index is 2.22. The predicted molar refractivity (Wildman–Crippen MR) is 81.5 cm³/mol. The summed E-state index contributed by atoms with van der Waals surface area (Å²) in [5, 5.41) is 7.72. The van der Waals surface area contributed by atoms with Crippen LogP contribution < -0.4 is 10.9 Å². The monoisotopic (exact) mass is 327 g/mol. The van der Waals surface area contributed by atoms with Crippen molar-refractivity contribution >= 4 is 21.6 Å². The van der Waals surface area contributed by atoms with E-state index in [1.165, 1.54) is 12.8 Å². The Bertz CT molecular complexity index is 504. The number of nitrogens with one attached hydrogen (secondary N) is 1. The van der Waals surface area contributed by atoms with E-state index in [4.69, 9.17) is 0 Å². The van der Waals surface area contributed by atoms with Crippen molar-refractivity contribution in [1.82, 2.24) is 9.78 Å². The van der Waals surface area contributed by atoms with Gasteiger partial charge in [0.2, 0.25) is 0 Å². The maximum atomic E-state index is 12.2. The molecule has 0 bridgehead atoms. The summed E-state index contributed by atoms with van der Waals surface area (Å²) in [6.07, 6.45) is 6.20. The third-order valence-electron chi connectivity index (χ3n) is 4.11. The number of aromatic nitrogens is 2. The smallest absolute Gasteiger partial charge is 0.283 e. The summed E-state index contributed by atoms with van der Waals surface area (Å²) in [6.45, 7) is 7.20. The predicted octanol–water partition coefficient (Wildman–Crippen LogP) is 3.41. The van der Waals surface area contributed by atoms with Gasteiger partial charge >= 0.3 is 0 Å². The van der Waals surface area contributed by atoms with Crippen LogP contribution in [0.2, 0.25) is 0 Å². The van der Waals surface area contributed by atoms with Crippen molar-refractivity contribution in [2.24, 2.45) is 5.92 Å². The maximum absolute atomic E-state index is 12.2. The molecule has 106 valence electrons. The molecule has 0 spiro atoms. The zero-order valence-electron chi connectivity index (χ0n) is 11.9. The number of nitrogens with zero attached hydrogens (tertiary/aromatic N) is 2. The van der Waals surface area contributed by atoms with Gasteiger partial charge in [0.25, 0.3) is 5.56 Å². The van der Waals surface area contributed by atoms with Gasteiger partial charge < -0.3 is 5.32 Å². The first-order valence-corrected chi connectivity index (χ1v) is 7.82. The third kappa shape index (κ3) is 3.38. The average Bonchev–Trinajstić information content (AvgIpc) is 3.22. The minimum absolute atomic E-state index is 0.000679. The van der Waals surface area contributed by atoms with Crippen LogP contribution in [0.5, 0.6) is 0 Å². The first-order valence-electron chi connectivity index (χ1n) is 7.03. The normalized spacial score (nSPS) is 15.6. The van der Waals surface area contributed by atoms with Crippen LogP contribution in [0.4, 0.5) is 5.69 Å². The van der Waals surface area contributed by atoms with Gasteiger partial charge in [0, 0.05) is 12.1 Å². The number of hydrogen-bond acceptors (Lipinski definition) is 3. The molecule has 4 nitrogen and oxygen atoms in total. The summed E-state index contributed by atoms with van der Waals surface area (Å²) in [6, 6.07) is 0. The molecule has 1 aromatic rings. The highest BCUT2D eigenvalue weighted by molar-refractivity contribution is 9.10. The lowest BCUT2D eigenvalue weighted by Gasteiger charge is -2.29. The molecule has 2 rings (SSSR count). The van der Waals surface area contributed by atoms with Gasteiger partial charge in [0.1, 0.15) is 4.47 Å². The Labute approximate surface area is 122 Å². The Morgan fingerprint density at radius 2 is 2.11 bits per heavy atom. The molecular formula is C14H22BrN3O. The average molecular weight is 328 g/mol. The fraction of sp³-hybridized carbons (Fsp3) is 0.714. The lowest BCUT2D eigenvalue weighted by atomic mass is 9.95. The van der Waals surface area contributed by atoms with Gasteiger partial charge in [-0.1, -0.05) is 13.8 Å². The number of halogens is 1. The van der Waals surface area contributed by atoms with E-state index in [-0.39, 0.29) is 11.1 Å². The zero-order chi connectivity index (χ0) is 14.0. The molecular weight excluding hydrogens is 306 g/mol. The van der Waals surface area contributed by atoms with Gasteiger partial charge in [-0.3, -0.25) is 4.79 Å². The lowest BCUT2D eigenvalue weighted by Crippen LogP contribution is -2.35. The number of hydrogen-bond donors (Lipinski definition) is 1. The minimum atomic E-state index is -0.0357. The fourth-order valence-corrected chi connectivity index (χ4v) is 2.39. The van der Waals surface area contributed by atoms with E-state index in [0.717, 1.165) is 25.1 Å². The van der Waals surface area contributed by atoms with E-state index in [2.05, 4.69) is 47.1 Å². The molecule has 1 fully saturated rings. The van der Waals surface area contributed by atoms with Crippen LogP contribution in [-0.4, -0.2) is 15.3 Å². The third-order valence-corrected chi connectivity index (χ3v) is 4.88. The molecule has 0 unspecified atom stereocenters. The highest BCUT2D eigenvalue weighted by Gasteiger charge is 2.25. The lowest BCUT2D eigenvalue weighted by molar-refractivity contribution is 0.475. The van der Waals surface area contributed by atoms with E-state index < -0.39 is 0 Å². The molecule has 1 heterocycles.